The van der Waals surface area contributed by atoms with Crippen molar-refractivity contribution in [1.82, 2.24) is 14.7 Å². The third-order valence-corrected chi connectivity index (χ3v) is 5.25. The van der Waals surface area contributed by atoms with Gasteiger partial charge in [0.1, 0.15) is 18.9 Å². The van der Waals surface area contributed by atoms with Crippen LogP contribution in [0.2, 0.25) is 5.02 Å². The van der Waals surface area contributed by atoms with Crippen LogP contribution in [0.25, 0.3) is 0 Å². The summed E-state index contributed by atoms with van der Waals surface area (Å²) in [6, 6.07) is 5.90. The van der Waals surface area contributed by atoms with E-state index >= 15 is 0 Å². The molecule has 0 radical (unpaired) electrons. The monoisotopic (exact) mass is 407 g/mol. The summed E-state index contributed by atoms with van der Waals surface area (Å²) in [5, 5.41) is 0.598. The Hall–Kier alpha value is -2.61. The fraction of sp³-hybridized carbons (Fsp3) is 0.474. The number of carbonyl (C=O) groups excluding carboxylic acids is 4. The van der Waals surface area contributed by atoms with Gasteiger partial charge < -0.3 is 9.64 Å². The molecule has 1 aliphatic carbocycles. The second-order valence-corrected chi connectivity index (χ2v) is 7.34. The Balaban J connectivity index is 1.51. The van der Waals surface area contributed by atoms with Gasteiger partial charge in [-0.2, -0.15) is 0 Å². The lowest BCUT2D eigenvalue weighted by atomic mass is 10.2. The first-order valence-corrected chi connectivity index (χ1v) is 9.57. The summed E-state index contributed by atoms with van der Waals surface area (Å²) < 4.78 is 5.53. The largest absolute Gasteiger partial charge is 0.492 e. The first-order chi connectivity index (χ1) is 13.4. The molecule has 1 heterocycles. The standard InChI is InChI=1S/C19H22ClN3O5/c1-21(10-11-28-15-8-6-13(20)7-9-15)16(24)12-22-17(25)18(26)23(19(22)27)14-4-2-3-5-14/h6-9,14H,2-5,10-12H2,1H3. The second kappa shape index (κ2) is 8.60. The van der Waals surface area contributed by atoms with E-state index in [0.717, 1.165) is 22.6 Å². The smallest absolute Gasteiger partial charge is 0.334 e. The lowest BCUT2D eigenvalue weighted by molar-refractivity contribution is -0.145. The molecule has 0 atom stereocenters. The quantitative estimate of drug-likeness (QED) is 0.509. The number of rotatable bonds is 7. The summed E-state index contributed by atoms with van der Waals surface area (Å²) in [5.74, 6) is -1.59. The summed E-state index contributed by atoms with van der Waals surface area (Å²) >= 11 is 5.81. The van der Waals surface area contributed by atoms with Crippen LogP contribution in [0.4, 0.5) is 4.79 Å². The van der Waals surface area contributed by atoms with E-state index in [9.17, 15) is 19.2 Å². The molecule has 0 unspecified atom stereocenters. The normalized spacial score (nSPS) is 17.6. The lowest BCUT2D eigenvalue weighted by Crippen LogP contribution is -2.44. The summed E-state index contributed by atoms with van der Waals surface area (Å²) in [6.07, 6.45) is 3.25. The number of carbonyl (C=O) groups is 4. The highest BCUT2D eigenvalue weighted by Crippen LogP contribution is 2.27. The van der Waals surface area contributed by atoms with Crippen molar-refractivity contribution in [2.75, 3.05) is 26.7 Å². The van der Waals surface area contributed by atoms with E-state index in [0.29, 0.717) is 23.6 Å². The van der Waals surface area contributed by atoms with Gasteiger partial charge >= 0.3 is 17.8 Å². The highest BCUT2D eigenvalue weighted by Gasteiger charge is 2.48. The van der Waals surface area contributed by atoms with Crippen LogP contribution in [-0.4, -0.2) is 71.2 Å². The highest BCUT2D eigenvalue weighted by atomic mass is 35.5. The number of hydrogen-bond acceptors (Lipinski definition) is 5. The fourth-order valence-electron chi connectivity index (χ4n) is 3.36. The van der Waals surface area contributed by atoms with Crippen molar-refractivity contribution in [1.29, 1.82) is 0 Å². The Morgan fingerprint density at radius 3 is 2.43 bits per heavy atom. The molecule has 1 saturated carbocycles. The predicted octanol–water partition coefficient (Wildman–Crippen LogP) is 1.91. The Morgan fingerprint density at radius 2 is 1.79 bits per heavy atom. The molecular weight excluding hydrogens is 386 g/mol. The molecule has 2 fully saturated rings. The van der Waals surface area contributed by atoms with Crippen molar-refractivity contribution in [2.24, 2.45) is 0 Å². The first-order valence-electron chi connectivity index (χ1n) is 9.20. The average molecular weight is 408 g/mol. The number of amides is 5. The Morgan fingerprint density at radius 1 is 1.14 bits per heavy atom. The van der Waals surface area contributed by atoms with Gasteiger partial charge in [-0.15, -0.1) is 0 Å². The zero-order chi connectivity index (χ0) is 20.3. The van der Waals surface area contributed by atoms with E-state index in [1.54, 1.807) is 31.3 Å². The van der Waals surface area contributed by atoms with E-state index in [2.05, 4.69) is 0 Å². The molecule has 0 N–H and O–H groups in total. The molecule has 150 valence electrons. The van der Waals surface area contributed by atoms with Crippen molar-refractivity contribution < 1.29 is 23.9 Å². The number of benzene rings is 1. The van der Waals surface area contributed by atoms with Crippen molar-refractivity contribution >= 4 is 35.4 Å². The highest BCUT2D eigenvalue weighted by molar-refractivity contribution is 6.45. The van der Waals surface area contributed by atoms with Gasteiger partial charge in [0.05, 0.1) is 6.54 Å². The van der Waals surface area contributed by atoms with Crippen molar-refractivity contribution in [3.05, 3.63) is 29.3 Å². The minimum absolute atomic E-state index is 0.235. The van der Waals surface area contributed by atoms with E-state index in [-0.39, 0.29) is 19.2 Å². The summed E-state index contributed by atoms with van der Waals surface area (Å²) in [5.41, 5.74) is 0. The van der Waals surface area contributed by atoms with Gasteiger partial charge in [0.25, 0.3) is 0 Å². The van der Waals surface area contributed by atoms with Crippen LogP contribution in [0.15, 0.2) is 24.3 Å². The number of halogens is 1. The molecule has 0 spiro atoms. The molecule has 28 heavy (non-hydrogen) atoms. The molecule has 3 rings (SSSR count). The molecule has 2 aliphatic rings. The van der Waals surface area contributed by atoms with E-state index < -0.39 is 30.3 Å². The Labute approximate surface area is 168 Å². The molecular formula is C19H22ClN3O5. The van der Waals surface area contributed by atoms with Crippen LogP contribution in [0, 0.1) is 0 Å². The molecule has 1 saturated heterocycles. The van der Waals surface area contributed by atoms with Crippen LogP contribution in [0.1, 0.15) is 25.7 Å². The van der Waals surface area contributed by atoms with Crippen molar-refractivity contribution in [3.8, 4) is 5.75 Å². The summed E-state index contributed by atoms with van der Waals surface area (Å²) in [4.78, 5) is 52.4. The maximum atomic E-state index is 12.5. The lowest BCUT2D eigenvalue weighted by Gasteiger charge is -2.22. The number of likely N-dealkylation sites (N-methyl/N-ethyl adjacent to an activating group) is 1. The topological polar surface area (TPSA) is 87.2 Å². The summed E-state index contributed by atoms with van der Waals surface area (Å²) in [7, 11) is 1.55. The van der Waals surface area contributed by atoms with Crippen LogP contribution in [0.5, 0.6) is 5.75 Å². The van der Waals surface area contributed by atoms with Gasteiger partial charge in [0.15, 0.2) is 0 Å². The van der Waals surface area contributed by atoms with Crippen LogP contribution < -0.4 is 4.74 Å². The van der Waals surface area contributed by atoms with Gasteiger partial charge in [-0.05, 0) is 37.1 Å². The molecule has 0 aromatic heterocycles. The Bertz CT molecular complexity index is 776. The SMILES string of the molecule is CN(CCOc1ccc(Cl)cc1)C(=O)CN1C(=O)C(=O)N(C2CCCC2)C1=O. The maximum absolute atomic E-state index is 12.5. The first kappa shape index (κ1) is 20.1. The number of hydrogen-bond donors (Lipinski definition) is 0. The van der Waals surface area contributed by atoms with Crippen molar-refractivity contribution in [2.45, 2.75) is 31.7 Å². The second-order valence-electron chi connectivity index (χ2n) is 6.90. The zero-order valence-electron chi connectivity index (χ0n) is 15.6. The van der Waals surface area contributed by atoms with E-state index in [4.69, 9.17) is 16.3 Å². The molecule has 1 aliphatic heterocycles. The van der Waals surface area contributed by atoms with E-state index in [1.807, 2.05) is 0 Å². The van der Waals surface area contributed by atoms with Gasteiger partial charge in [-0.25, -0.2) is 9.69 Å². The number of urea groups is 1. The van der Waals surface area contributed by atoms with Gasteiger partial charge in [-0.3, -0.25) is 19.3 Å². The minimum atomic E-state index is -0.934. The molecule has 1 aromatic rings. The minimum Gasteiger partial charge on any atom is -0.492 e. The Kier molecular flexibility index (Phi) is 6.18. The molecule has 0 bridgehead atoms. The van der Waals surface area contributed by atoms with Gasteiger partial charge in [0, 0.05) is 18.1 Å². The number of ether oxygens (including phenoxy) is 1. The maximum Gasteiger partial charge on any atom is 0.334 e. The molecule has 8 nitrogen and oxygen atoms in total. The van der Waals surface area contributed by atoms with Crippen molar-refractivity contribution in [3.63, 3.8) is 0 Å². The zero-order valence-corrected chi connectivity index (χ0v) is 16.4. The van der Waals surface area contributed by atoms with Crippen LogP contribution in [0.3, 0.4) is 0 Å². The fourth-order valence-corrected chi connectivity index (χ4v) is 3.48. The van der Waals surface area contributed by atoms with E-state index in [1.165, 1.54) is 4.90 Å². The average Bonchev–Trinajstić information content (AvgIpc) is 3.26. The summed E-state index contributed by atoms with van der Waals surface area (Å²) in [6.45, 7) is 0.0426. The molecule has 1 aromatic carbocycles. The van der Waals surface area contributed by atoms with Gasteiger partial charge in [0.2, 0.25) is 5.91 Å². The van der Waals surface area contributed by atoms with Gasteiger partial charge in [-0.1, -0.05) is 24.4 Å². The third kappa shape index (κ3) is 4.27. The van der Waals surface area contributed by atoms with Crippen LogP contribution in [-0.2, 0) is 14.4 Å². The predicted molar refractivity (Wildman–Crippen MR) is 101 cm³/mol. The van der Waals surface area contributed by atoms with Crippen LogP contribution >= 0.6 is 11.6 Å². The number of nitrogens with zero attached hydrogens (tertiary/aromatic N) is 3. The number of imide groups is 2. The third-order valence-electron chi connectivity index (χ3n) is 5.00. The molecule has 9 heteroatoms. The molecule has 5 amide bonds.